The lowest BCUT2D eigenvalue weighted by Crippen LogP contribution is -1.88. The number of nitro groups is 1. The second-order valence-corrected chi connectivity index (χ2v) is 5.89. The van der Waals surface area contributed by atoms with Crippen LogP contribution in [0.4, 0.5) is 10.1 Å². The van der Waals surface area contributed by atoms with E-state index in [0.29, 0.717) is 21.8 Å². The molecule has 1 heterocycles. The van der Waals surface area contributed by atoms with E-state index in [1.165, 1.54) is 35.6 Å². The number of nitriles is 1. The van der Waals surface area contributed by atoms with Gasteiger partial charge in [0, 0.05) is 28.6 Å². The Morgan fingerprint density at radius 3 is 2.80 bits per heavy atom. The van der Waals surface area contributed by atoms with E-state index in [-0.39, 0.29) is 11.3 Å². The molecule has 0 N–H and O–H groups in total. The van der Waals surface area contributed by atoms with E-state index in [2.05, 4.69) is 4.98 Å². The minimum absolute atomic E-state index is 0.0329. The van der Waals surface area contributed by atoms with Gasteiger partial charge in [-0.05, 0) is 12.1 Å². The molecule has 1 aromatic heterocycles. The zero-order chi connectivity index (χ0) is 17.8. The molecule has 0 saturated carbocycles. The van der Waals surface area contributed by atoms with Crippen LogP contribution in [0.1, 0.15) is 10.6 Å². The first-order valence-corrected chi connectivity index (χ1v) is 8.03. The van der Waals surface area contributed by atoms with Crippen LogP contribution in [0, 0.1) is 27.3 Å². The molecule has 25 heavy (non-hydrogen) atoms. The number of nitro benzene ring substituents is 1. The lowest BCUT2D eigenvalue weighted by Gasteiger charge is -1.98. The highest BCUT2D eigenvalue weighted by Gasteiger charge is 2.12. The largest absolute Gasteiger partial charge is 0.270 e. The van der Waals surface area contributed by atoms with Crippen LogP contribution < -0.4 is 0 Å². The normalized spacial score (nSPS) is 11.1. The molecule has 0 atom stereocenters. The number of halogens is 1. The van der Waals surface area contributed by atoms with Crippen molar-refractivity contribution in [2.24, 2.45) is 0 Å². The summed E-state index contributed by atoms with van der Waals surface area (Å²) in [5.74, 6) is -0.425. The number of rotatable bonds is 4. The molecule has 0 spiro atoms. The van der Waals surface area contributed by atoms with Gasteiger partial charge in [-0.25, -0.2) is 9.37 Å². The average molecular weight is 351 g/mol. The SMILES string of the molecule is N#CC(=Cc1ccccc1F)c1nc(-c2cccc([N+](=O)[O-])c2)cs1. The first kappa shape index (κ1) is 16.5. The molecule has 0 bridgehead atoms. The first-order chi connectivity index (χ1) is 12.1. The van der Waals surface area contributed by atoms with Gasteiger partial charge < -0.3 is 0 Å². The van der Waals surface area contributed by atoms with Gasteiger partial charge in [0.2, 0.25) is 0 Å². The topological polar surface area (TPSA) is 79.8 Å². The zero-order valence-corrected chi connectivity index (χ0v) is 13.5. The molecule has 0 unspecified atom stereocenters. The van der Waals surface area contributed by atoms with Gasteiger partial charge in [-0.3, -0.25) is 10.1 Å². The molecule has 7 heteroatoms. The smallest absolute Gasteiger partial charge is 0.258 e. The van der Waals surface area contributed by atoms with Crippen LogP contribution in [0.15, 0.2) is 53.9 Å². The van der Waals surface area contributed by atoms with Crippen molar-refractivity contribution in [2.75, 3.05) is 0 Å². The molecule has 0 aliphatic carbocycles. The number of thiazole rings is 1. The number of hydrogen-bond donors (Lipinski definition) is 0. The van der Waals surface area contributed by atoms with Crippen molar-refractivity contribution in [3.05, 3.63) is 80.4 Å². The molecule has 0 aliphatic heterocycles. The highest BCUT2D eigenvalue weighted by atomic mass is 32.1. The molecular weight excluding hydrogens is 341 g/mol. The van der Waals surface area contributed by atoms with E-state index < -0.39 is 10.7 Å². The molecule has 0 saturated heterocycles. The van der Waals surface area contributed by atoms with Gasteiger partial charge in [-0.2, -0.15) is 5.26 Å². The Kier molecular flexibility index (Phi) is 4.64. The molecule has 0 amide bonds. The third kappa shape index (κ3) is 3.59. The second-order valence-electron chi connectivity index (χ2n) is 5.04. The quantitative estimate of drug-likeness (QED) is 0.379. The van der Waals surface area contributed by atoms with Gasteiger partial charge in [0.05, 0.1) is 16.2 Å². The number of aromatic nitrogens is 1. The van der Waals surface area contributed by atoms with Crippen LogP contribution in [0.25, 0.3) is 22.9 Å². The summed E-state index contributed by atoms with van der Waals surface area (Å²) in [4.78, 5) is 14.8. The van der Waals surface area contributed by atoms with E-state index in [1.54, 1.807) is 35.7 Å². The predicted octanol–water partition coefficient (Wildman–Crippen LogP) is 4.92. The number of benzene rings is 2. The summed E-state index contributed by atoms with van der Waals surface area (Å²) < 4.78 is 13.8. The fourth-order valence-corrected chi connectivity index (χ4v) is 2.99. The average Bonchev–Trinajstić information content (AvgIpc) is 3.11. The van der Waals surface area contributed by atoms with Crippen molar-refractivity contribution in [3.8, 4) is 17.3 Å². The Hall–Kier alpha value is -3.37. The van der Waals surface area contributed by atoms with E-state index in [4.69, 9.17) is 0 Å². The number of non-ortho nitro benzene ring substituents is 1. The third-order valence-corrected chi connectivity index (χ3v) is 4.29. The molecule has 5 nitrogen and oxygen atoms in total. The number of allylic oxidation sites excluding steroid dienone is 1. The fourth-order valence-electron chi connectivity index (χ4n) is 2.20. The van der Waals surface area contributed by atoms with Crippen LogP contribution >= 0.6 is 11.3 Å². The summed E-state index contributed by atoms with van der Waals surface area (Å²) in [6, 6.07) is 14.3. The second kappa shape index (κ2) is 7.03. The third-order valence-electron chi connectivity index (χ3n) is 3.41. The maximum absolute atomic E-state index is 13.8. The Bertz CT molecular complexity index is 1020. The van der Waals surface area contributed by atoms with E-state index in [9.17, 15) is 19.8 Å². The molecule has 122 valence electrons. The Morgan fingerprint density at radius 2 is 2.08 bits per heavy atom. The highest BCUT2D eigenvalue weighted by molar-refractivity contribution is 7.11. The van der Waals surface area contributed by atoms with E-state index in [0.717, 1.165) is 0 Å². The van der Waals surface area contributed by atoms with Gasteiger partial charge in [0.15, 0.2) is 0 Å². The van der Waals surface area contributed by atoms with E-state index >= 15 is 0 Å². The molecule has 2 aromatic carbocycles. The van der Waals surface area contributed by atoms with Crippen LogP contribution in [-0.2, 0) is 0 Å². The summed E-state index contributed by atoms with van der Waals surface area (Å²) in [6.45, 7) is 0. The fraction of sp³-hybridized carbons (Fsp3) is 0. The monoisotopic (exact) mass is 351 g/mol. The lowest BCUT2D eigenvalue weighted by atomic mass is 10.1. The minimum Gasteiger partial charge on any atom is -0.258 e. The summed E-state index contributed by atoms with van der Waals surface area (Å²) in [5, 5.41) is 22.4. The summed E-state index contributed by atoms with van der Waals surface area (Å²) >= 11 is 1.22. The van der Waals surface area contributed by atoms with Gasteiger partial charge in [0.25, 0.3) is 5.69 Å². The van der Waals surface area contributed by atoms with Gasteiger partial charge in [-0.15, -0.1) is 11.3 Å². The molecule has 3 rings (SSSR count). The van der Waals surface area contributed by atoms with Crippen LogP contribution in [-0.4, -0.2) is 9.91 Å². The summed E-state index contributed by atoms with van der Waals surface area (Å²) in [7, 11) is 0. The maximum Gasteiger partial charge on any atom is 0.270 e. The summed E-state index contributed by atoms with van der Waals surface area (Å²) in [5.41, 5.74) is 1.60. The van der Waals surface area contributed by atoms with Gasteiger partial charge in [0.1, 0.15) is 16.9 Å². The number of nitrogens with zero attached hydrogens (tertiary/aromatic N) is 3. The van der Waals surface area contributed by atoms with Crippen LogP contribution in [0.3, 0.4) is 0 Å². The van der Waals surface area contributed by atoms with Crippen molar-refractivity contribution in [1.82, 2.24) is 4.98 Å². The van der Waals surface area contributed by atoms with Crippen LogP contribution in [0.5, 0.6) is 0 Å². The van der Waals surface area contributed by atoms with E-state index in [1.807, 2.05) is 6.07 Å². The Balaban J connectivity index is 1.98. The van der Waals surface area contributed by atoms with Crippen molar-refractivity contribution in [2.45, 2.75) is 0 Å². The molecule has 0 fully saturated rings. The van der Waals surface area contributed by atoms with Crippen LogP contribution in [0.2, 0.25) is 0 Å². The zero-order valence-electron chi connectivity index (χ0n) is 12.7. The van der Waals surface area contributed by atoms with Crippen molar-refractivity contribution < 1.29 is 9.31 Å². The van der Waals surface area contributed by atoms with Crippen molar-refractivity contribution in [3.63, 3.8) is 0 Å². The Morgan fingerprint density at radius 1 is 1.28 bits per heavy atom. The van der Waals surface area contributed by atoms with Gasteiger partial charge in [-0.1, -0.05) is 30.3 Å². The first-order valence-electron chi connectivity index (χ1n) is 7.15. The highest BCUT2D eigenvalue weighted by Crippen LogP contribution is 2.29. The standard InChI is InChI=1S/C18H10FN3O2S/c19-16-7-2-1-4-12(16)8-14(10-20)18-21-17(11-25-18)13-5-3-6-15(9-13)22(23)24/h1-9,11H. The predicted molar refractivity (Wildman–Crippen MR) is 94.1 cm³/mol. The lowest BCUT2D eigenvalue weighted by molar-refractivity contribution is -0.384. The minimum atomic E-state index is -0.477. The molecule has 0 aliphatic rings. The maximum atomic E-state index is 13.8. The molecular formula is C18H10FN3O2S. The number of hydrogen-bond acceptors (Lipinski definition) is 5. The van der Waals surface area contributed by atoms with Crippen molar-refractivity contribution in [1.29, 1.82) is 5.26 Å². The molecule has 3 aromatic rings. The van der Waals surface area contributed by atoms with Crippen molar-refractivity contribution >= 4 is 28.7 Å². The Labute approximate surface area is 146 Å². The van der Waals surface area contributed by atoms with Gasteiger partial charge >= 0.3 is 0 Å². The summed E-state index contributed by atoms with van der Waals surface area (Å²) in [6.07, 6.45) is 1.44. The molecule has 0 radical (unpaired) electrons.